The number of rotatable bonds is 6. The van der Waals surface area contributed by atoms with Gasteiger partial charge in [-0.3, -0.25) is 4.79 Å². The third-order valence-electron chi connectivity index (χ3n) is 3.62. The molecule has 0 N–H and O–H groups in total. The minimum Gasteiger partial charge on any atom is -0.371 e. The molecule has 2 nitrogen and oxygen atoms in total. The molecule has 0 fully saturated rings. The van der Waals surface area contributed by atoms with Gasteiger partial charge in [-0.25, -0.2) is 0 Å². The Morgan fingerprint density at radius 3 is 3.00 bits per heavy atom. The zero-order chi connectivity index (χ0) is 13.7. The van der Waals surface area contributed by atoms with E-state index in [0.29, 0.717) is 0 Å². The predicted octanol–water partition coefficient (Wildman–Crippen LogP) is 3.79. The molecule has 0 amide bonds. The molecule has 1 heterocycles. The van der Waals surface area contributed by atoms with Crippen LogP contribution in [0, 0.1) is 0 Å². The van der Waals surface area contributed by atoms with Crippen LogP contribution in [0.5, 0.6) is 0 Å². The molecular weight excluding hydrogens is 254 g/mol. The van der Waals surface area contributed by atoms with Crippen LogP contribution in [0.25, 0.3) is 0 Å². The highest BCUT2D eigenvalue weighted by atomic mass is 32.2. The second-order valence-corrected chi connectivity index (χ2v) is 6.43. The Balaban J connectivity index is 2.04. The number of anilines is 1. The molecule has 1 aliphatic heterocycles. The lowest BCUT2D eigenvalue weighted by atomic mass is 9.98. The second-order valence-electron chi connectivity index (χ2n) is 5.04. The van der Waals surface area contributed by atoms with E-state index in [1.165, 1.54) is 35.6 Å². The summed E-state index contributed by atoms with van der Waals surface area (Å²) in [6.07, 6.45) is 3.55. The van der Waals surface area contributed by atoms with Gasteiger partial charge in [0.05, 0.1) is 0 Å². The summed E-state index contributed by atoms with van der Waals surface area (Å²) < 4.78 is 0. The molecular formula is C16H23NOS. The molecule has 0 bridgehead atoms. The summed E-state index contributed by atoms with van der Waals surface area (Å²) in [5.74, 6) is 2.62. The van der Waals surface area contributed by atoms with E-state index >= 15 is 0 Å². The molecule has 0 radical (unpaired) electrons. The molecule has 0 atom stereocenters. The number of carbonyl (C=O) groups excluding carboxylic acids is 1. The molecule has 3 heteroatoms. The Hall–Kier alpha value is -0.960. The molecule has 0 aliphatic carbocycles. The van der Waals surface area contributed by atoms with Crippen molar-refractivity contribution in [1.82, 2.24) is 0 Å². The molecule has 1 aromatic rings. The highest BCUT2D eigenvalue weighted by molar-refractivity contribution is 7.99. The van der Waals surface area contributed by atoms with Gasteiger partial charge in [0.1, 0.15) is 0 Å². The van der Waals surface area contributed by atoms with Gasteiger partial charge in [0.25, 0.3) is 0 Å². The van der Waals surface area contributed by atoms with Crippen molar-refractivity contribution in [3.8, 4) is 0 Å². The highest BCUT2D eigenvalue weighted by Gasteiger charge is 2.17. The largest absolute Gasteiger partial charge is 0.371 e. The van der Waals surface area contributed by atoms with E-state index in [9.17, 15) is 4.79 Å². The molecule has 19 heavy (non-hydrogen) atoms. The number of aryl methyl sites for hydroxylation is 1. The van der Waals surface area contributed by atoms with Gasteiger partial charge in [0.2, 0.25) is 0 Å². The van der Waals surface area contributed by atoms with E-state index in [1.807, 2.05) is 17.8 Å². The standard InChI is InChI=1S/C16H23NOS/c1-3-19-11-5-10-17-9-4-6-15-12-14(13(2)18)7-8-16(15)17/h7-8,12H,3-6,9-11H2,1-2H3. The quantitative estimate of drug-likeness (QED) is 0.583. The SMILES string of the molecule is CCSCCCN1CCCc2cc(C(C)=O)ccc21. The van der Waals surface area contributed by atoms with Gasteiger partial charge in [-0.15, -0.1) is 0 Å². The van der Waals surface area contributed by atoms with Gasteiger partial charge >= 0.3 is 0 Å². The summed E-state index contributed by atoms with van der Waals surface area (Å²) >= 11 is 2.01. The van der Waals surface area contributed by atoms with Crippen LogP contribution in [0.4, 0.5) is 5.69 Å². The third-order valence-corrected chi connectivity index (χ3v) is 4.61. The number of thioether (sulfide) groups is 1. The summed E-state index contributed by atoms with van der Waals surface area (Å²) in [6, 6.07) is 6.20. The molecule has 2 rings (SSSR count). The van der Waals surface area contributed by atoms with Crippen molar-refractivity contribution in [3.05, 3.63) is 29.3 Å². The number of hydrogen-bond donors (Lipinski definition) is 0. The maximum Gasteiger partial charge on any atom is 0.159 e. The van der Waals surface area contributed by atoms with Crippen molar-refractivity contribution in [3.63, 3.8) is 0 Å². The first-order valence-corrected chi connectivity index (χ1v) is 8.34. The number of carbonyl (C=O) groups is 1. The van der Waals surface area contributed by atoms with Crippen molar-refractivity contribution in [2.45, 2.75) is 33.1 Å². The van der Waals surface area contributed by atoms with E-state index in [2.05, 4.69) is 24.0 Å². The first-order valence-electron chi connectivity index (χ1n) is 7.19. The fraction of sp³-hybridized carbons (Fsp3) is 0.562. The van der Waals surface area contributed by atoms with Crippen LogP contribution < -0.4 is 4.90 Å². The molecule has 0 saturated carbocycles. The van der Waals surface area contributed by atoms with Crippen LogP contribution in [0.1, 0.15) is 42.6 Å². The smallest absolute Gasteiger partial charge is 0.159 e. The zero-order valence-corrected chi connectivity index (χ0v) is 12.8. The van der Waals surface area contributed by atoms with Crippen molar-refractivity contribution < 1.29 is 4.79 Å². The monoisotopic (exact) mass is 277 g/mol. The average molecular weight is 277 g/mol. The van der Waals surface area contributed by atoms with Gasteiger partial charge in [0, 0.05) is 24.3 Å². The van der Waals surface area contributed by atoms with Crippen LogP contribution >= 0.6 is 11.8 Å². The van der Waals surface area contributed by atoms with Crippen molar-refractivity contribution in [2.75, 3.05) is 29.5 Å². The molecule has 0 saturated heterocycles. The molecule has 1 aliphatic rings. The summed E-state index contributed by atoms with van der Waals surface area (Å²) in [5.41, 5.74) is 3.54. The molecule has 0 unspecified atom stereocenters. The highest BCUT2D eigenvalue weighted by Crippen LogP contribution is 2.28. The number of Topliss-reactive ketones (excluding diaryl/α,β-unsaturated/α-hetero) is 1. The molecule has 1 aromatic carbocycles. The van der Waals surface area contributed by atoms with Gasteiger partial charge in [-0.05, 0) is 61.5 Å². The lowest BCUT2D eigenvalue weighted by Gasteiger charge is -2.31. The Morgan fingerprint density at radius 2 is 2.26 bits per heavy atom. The maximum atomic E-state index is 11.4. The van der Waals surface area contributed by atoms with E-state index in [1.54, 1.807) is 6.92 Å². The van der Waals surface area contributed by atoms with Crippen LogP contribution in [0.15, 0.2) is 18.2 Å². The zero-order valence-electron chi connectivity index (χ0n) is 11.9. The van der Waals surface area contributed by atoms with Crippen LogP contribution in [0.3, 0.4) is 0 Å². The summed E-state index contributed by atoms with van der Waals surface area (Å²) in [7, 11) is 0. The van der Waals surface area contributed by atoms with E-state index in [-0.39, 0.29) is 5.78 Å². The van der Waals surface area contributed by atoms with Gasteiger partial charge < -0.3 is 4.90 Å². The fourth-order valence-corrected chi connectivity index (χ4v) is 3.25. The first-order chi connectivity index (χ1) is 9.22. The predicted molar refractivity (Wildman–Crippen MR) is 84.6 cm³/mol. The van der Waals surface area contributed by atoms with Gasteiger partial charge in [0.15, 0.2) is 5.78 Å². The summed E-state index contributed by atoms with van der Waals surface area (Å²) in [4.78, 5) is 13.9. The van der Waals surface area contributed by atoms with Crippen molar-refractivity contribution >= 4 is 23.2 Å². The number of hydrogen-bond acceptors (Lipinski definition) is 3. The maximum absolute atomic E-state index is 11.4. The minimum atomic E-state index is 0.166. The number of fused-ring (bicyclic) bond motifs is 1. The Labute approximate surface area is 120 Å². The lowest BCUT2D eigenvalue weighted by molar-refractivity contribution is 0.101. The van der Waals surface area contributed by atoms with E-state index in [0.717, 1.165) is 25.1 Å². The fourth-order valence-electron chi connectivity index (χ4n) is 2.63. The lowest BCUT2D eigenvalue weighted by Crippen LogP contribution is -2.30. The topological polar surface area (TPSA) is 20.3 Å². The Bertz CT molecular complexity index is 444. The average Bonchev–Trinajstić information content (AvgIpc) is 2.43. The van der Waals surface area contributed by atoms with Gasteiger partial charge in [-0.2, -0.15) is 11.8 Å². The third kappa shape index (κ3) is 3.75. The second kappa shape index (κ2) is 6.99. The minimum absolute atomic E-state index is 0.166. The number of benzene rings is 1. The number of nitrogens with zero attached hydrogens (tertiary/aromatic N) is 1. The van der Waals surface area contributed by atoms with Crippen LogP contribution in [-0.2, 0) is 6.42 Å². The van der Waals surface area contributed by atoms with Gasteiger partial charge in [-0.1, -0.05) is 6.92 Å². The molecule has 0 spiro atoms. The summed E-state index contributed by atoms with van der Waals surface area (Å²) in [6.45, 7) is 6.15. The van der Waals surface area contributed by atoms with E-state index < -0.39 is 0 Å². The number of ketones is 1. The van der Waals surface area contributed by atoms with Crippen LogP contribution in [-0.4, -0.2) is 30.4 Å². The van der Waals surface area contributed by atoms with Crippen LogP contribution in [0.2, 0.25) is 0 Å². The Kier molecular flexibility index (Phi) is 5.32. The van der Waals surface area contributed by atoms with Crippen molar-refractivity contribution in [2.24, 2.45) is 0 Å². The molecule has 104 valence electrons. The van der Waals surface area contributed by atoms with Crippen molar-refractivity contribution in [1.29, 1.82) is 0 Å². The summed E-state index contributed by atoms with van der Waals surface area (Å²) in [5, 5.41) is 0. The molecule has 0 aromatic heterocycles. The van der Waals surface area contributed by atoms with E-state index in [4.69, 9.17) is 0 Å². The normalized spacial score (nSPS) is 14.3. The Morgan fingerprint density at radius 1 is 1.42 bits per heavy atom. The first kappa shape index (κ1) is 14.4.